The van der Waals surface area contributed by atoms with E-state index in [0.29, 0.717) is 30.8 Å². The van der Waals surface area contributed by atoms with Crippen molar-refractivity contribution in [2.45, 2.75) is 6.54 Å². The first-order chi connectivity index (χ1) is 16.6. The number of fused-ring (bicyclic) bond motifs is 6. The van der Waals surface area contributed by atoms with Crippen LogP contribution in [-0.4, -0.2) is 17.5 Å². The van der Waals surface area contributed by atoms with E-state index in [-0.39, 0.29) is 11.1 Å². The van der Waals surface area contributed by atoms with Crippen LogP contribution in [0.15, 0.2) is 90.9 Å². The molecule has 3 aromatic heterocycles. The lowest BCUT2D eigenvalue weighted by Crippen LogP contribution is -2.34. The zero-order valence-electron chi connectivity index (χ0n) is 18.8. The van der Waals surface area contributed by atoms with E-state index in [9.17, 15) is 5.26 Å². The number of para-hydroxylation sites is 2. The van der Waals surface area contributed by atoms with Crippen molar-refractivity contribution in [3.63, 3.8) is 0 Å². The molecule has 6 heteroatoms. The quantitative estimate of drug-likeness (QED) is 0.217. The Labute approximate surface area is 196 Å². The molecule has 6 nitrogen and oxygen atoms in total. The Morgan fingerprint density at radius 1 is 1.06 bits per heavy atom. The number of allylic oxidation sites excluding steroid dienone is 1. The average molecular weight is 447 g/mol. The predicted molar refractivity (Wildman–Crippen MR) is 136 cm³/mol. The third-order valence-electron chi connectivity index (χ3n) is 6.05. The highest BCUT2D eigenvalue weighted by molar-refractivity contribution is 6.01. The van der Waals surface area contributed by atoms with Crippen molar-refractivity contribution in [3.05, 3.63) is 97.5 Å². The summed E-state index contributed by atoms with van der Waals surface area (Å²) in [6, 6.07) is 18.2. The monoisotopic (exact) mass is 446 g/mol. The third-order valence-corrected chi connectivity index (χ3v) is 6.05. The summed E-state index contributed by atoms with van der Waals surface area (Å²) in [7, 11) is 0. The van der Waals surface area contributed by atoms with Crippen LogP contribution < -0.4 is 15.0 Å². The summed E-state index contributed by atoms with van der Waals surface area (Å²) < 4.78 is 10.3. The van der Waals surface area contributed by atoms with Gasteiger partial charge in [-0.1, -0.05) is 36.9 Å². The molecule has 166 valence electrons. The van der Waals surface area contributed by atoms with Crippen LogP contribution in [0.2, 0.25) is 0 Å². The van der Waals surface area contributed by atoms with Gasteiger partial charge < -0.3 is 9.32 Å². The van der Waals surface area contributed by atoms with Gasteiger partial charge in [-0.15, -0.1) is 13.2 Å². The molecule has 0 saturated heterocycles. The van der Waals surface area contributed by atoms with Crippen LogP contribution in [0.1, 0.15) is 5.56 Å². The largest absolute Gasteiger partial charge is 0.454 e. The van der Waals surface area contributed by atoms with E-state index in [1.165, 1.54) is 0 Å². The number of hydrogen-bond acceptors (Lipinski definition) is 4. The molecule has 0 unspecified atom stereocenters. The highest BCUT2D eigenvalue weighted by Crippen LogP contribution is 2.30. The second-order valence-electron chi connectivity index (χ2n) is 8.08. The summed E-state index contributed by atoms with van der Waals surface area (Å²) in [5.41, 5.74) is 4.96. The second-order valence-corrected chi connectivity index (χ2v) is 8.08. The summed E-state index contributed by atoms with van der Waals surface area (Å²) >= 11 is 0. The van der Waals surface area contributed by atoms with Gasteiger partial charge in [0.15, 0.2) is 22.2 Å². The number of hydrogen-bond donors (Lipinski definition) is 1. The average Bonchev–Trinajstić information content (AvgIpc) is 3.18. The lowest BCUT2D eigenvalue weighted by atomic mass is 10.1. The Kier molecular flexibility index (Phi) is 5.23. The number of aromatic nitrogens is 2. The van der Waals surface area contributed by atoms with Crippen LogP contribution in [0.3, 0.4) is 0 Å². The molecule has 0 aliphatic carbocycles. The molecule has 0 bridgehead atoms. The molecule has 34 heavy (non-hydrogen) atoms. The Balaban J connectivity index is 1.92. The fourth-order valence-electron chi connectivity index (χ4n) is 4.62. The van der Waals surface area contributed by atoms with Crippen LogP contribution in [0.5, 0.6) is 0 Å². The number of rotatable bonds is 7. The van der Waals surface area contributed by atoms with Crippen LogP contribution in [0, 0.1) is 16.7 Å². The maximum absolute atomic E-state index is 10.0. The minimum absolute atomic E-state index is 0.100. The second kappa shape index (κ2) is 8.38. The Hall–Kier alpha value is -4.63. The maximum Gasteiger partial charge on any atom is 0.300 e. The lowest BCUT2D eigenvalue weighted by Gasteiger charge is -2.21. The molecule has 0 spiro atoms. The van der Waals surface area contributed by atoms with E-state index in [1.807, 2.05) is 71.2 Å². The first-order valence-corrected chi connectivity index (χ1v) is 11.0. The van der Waals surface area contributed by atoms with Crippen LogP contribution in [-0.2, 0) is 6.54 Å². The highest BCUT2D eigenvalue weighted by atomic mass is 16.3. The van der Waals surface area contributed by atoms with Crippen molar-refractivity contribution in [3.8, 4) is 6.07 Å². The van der Waals surface area contributed by atoms with Crippen molar-refractivity contribution in [2.75, 3.05) is 18.0 Å². The van der Waals surface area contributed by atoms with Crippen molar-refractivity contribution in [2.24, 2.45) is 0 Å². The van der Waals surface area contributed by atoms with Crippen LogP contribution in [0.25, 0.3) is 38.6 Å². The predicted octanol–water partition coefficient (Wildman–Crippen LogP) is 4.99. The summed E-state index contributed by atoms with van der Waals surface area (Å²) in [6.07, 6.45) is 5.52. The Morgan fingerprint density at radius 2 is 1.82 bits per heavy atom. The SMILES string of the molecule is C=CCN(CC=C)c1ccc2cc3c(oc2c1)c(C#N)c(=N)n1c2ccccc2[n+](CC=C)c31. The zero-order chi connectivity index (χ0) is 23.8. The van der Waals surface area contributed by atoms with Gasteiger partial charge in [0.2, 0.25) is 5.49 Å². The summed E-state index contributed by atoms with van der Waals surface area (Å²) in [6.45, 7) is 13.5. The van der Waals surface area contributed by atoms with E-state index < -0.39 is 0 Å². The van der Waals surface area contributed by atoms with Gasteiger partial charge in [-0.25, -0.2) is 4.57 Å². The first kappa shape index (κ1) is 21.2. The van der Waals surface area contributed by atoms with Gasteiger partial charge in [-0.2, -0.15) is 9.66 Å². The highest BCUT2D eigenvalue weighted by Gasteiger charge is 2.27. The van der Waals surface area contributed by atoms with E-state index in [2.05, 4.69) is 35.3 Å². The lowest BCUT2D eigenvalue weighted by molar-refractivity contribution is -0.634. The number of nitrogens with one attached hydrogen (secondary N) is 1. The minimum Gasteiger partial charge on any atom is -0.454 e. The van der Waals surface area contributed by atoms with Gasteiger partial charge in [-0.3, -0.25) is 5.41 Å². The molecule has 5 rings (SSSR count). The molecule has 0 atom stereocenters. The number of nitrogens with zero attached hydrogens (tertiary/aromatic N) is 4. The standard InChI is InChI=1S/C28H24N5O/c1-4-13-31(14-5-2)20-12-11-19-16-21-26(34-25(19)17-20)22(18-29)27(30)33-24-10-8-7-9-23(24)32(15-6-3)28(21)33/h4-12,16-17,30H,1-3,13-15H2/q+1. The topological polar surface area (TPSA) is 72.3 Å². The molecule has 0 saturated carbocycles. The summed E-state index contributed by atoms with van der Waals surface area (Å²) in [4.78, 5) is 2.13. The Morgan fingerprint density at radius 3 is 2.53 bits per heavy atom. The molecule has 0 aliphatic rings. The fraction of sp³-hybridized carbons (Fsp3) is 0.107. The molecule has 0 amide bonds. The summed E-state index contributed by atoms with van der Waals surface area (Å²) in [5, 5.41) is 20.6. The molecular formula is C28H24N5O+. The van der Waals surface area contributed by atoms with Crippen molar-refractivity contribution >= 4 is 44.3 Å². The van der Waals surface area contributed by atoms with Crippen LogP contribution in [0.4, 0.5) is 5.69 Å². The van der Waals surface area contributed by atoms with Gasteiger partial charge in [-0.05, 0) is 30.3 Å². The van der Waals surface area contributed by atoms with Gasteiger partial charge in [0.05, 0.1) is 0 Å². The number of nitriles is 1. The molecule has 3 heterocycles. The zero-order valence-corrected chi connectivity index (χ0v) is 18.8. The van der Waals surface area contributed by atoms with Crippen molar-refractivity contribution in [1.29, 1.82) is 10.7 Å². The number of benzene rings is 2. The van der Waals surface area contributed by atoms with E-state index in [1.54, 1.807) is 0 Å². The van der Waals surface area contributed by atoms with Gasteiger partial charge in [0, 0.05) is 30.2 Å². The fourth-order valence-corrected chi connectivity index (χ4v) is 4.62. The number of pyridine rings is 1. The molecular weight excluding hydrogens is 422 g/mol. The smallest absolute Gasteiger partial charge is 0.300 e. The van der Waals surface area contributed by atoms with Crippen molar-refractivity contribution < 1.29 is 8.98 Å². The van der Waals surface area contributed by atoms with Gasteiger partial charge in [0.1, 0.15) is 23.6 Å². The van der Waals surface area contributed by atoms with E-state index in [4.69, 9.17) is 9.83 Å². The first-order valence-electron chi connectivity index (χ1n) is 11.0. The molecule has 0 aliphatic heterocycles. The van der Waals surface area contributed by atoms with Gasteiger partial charge >= 0.3 is 5.65 Å². The molecule has 0 fully saturated rings. The number of imidazole rings is 1. The third kappa shape index (κ3) is 3.10. The maximum atomic E-state index is 10.0. The van der Waals surface area contributed by atoms with E-state index >= 15 is 0 Å². The van der Waals surface area contributed by atoms with Gasteiger partial charge in [0.25, 0.3) is 0 Å². The van der Waals surface area contributed by atoms with Crippen molar-refractivity contribution in [1.82, 2.24) is 4.40 Å². The normalized spacial score (nSPS) is 11.1. The van der Waals surface area contributed by atoms with Crippen LogP contribution >= 0.6 is 0 Å². The number of anilines is 1. The van der Waals surface area contributed by atoms with E-state index in [0.717, 1.165) is 33.1 Å². The summed E-state index contributed by atoms with van der Waals surface area (Å²) in [5.74, 6) is 0. The molecule has 1 N–H and O–H groups in total. The molecule has 5 aromatic rings. The molecule has 0 radical (unpaired) electrons. The minimum atomic E-state index is 0.100. The Bertz CT molecular complexity index is 1720. The molecule has 2 aromatic carbocycles.